The van der Waals surface area contributed by atoms with Gasteiger partial charge in [-0.1, -0.05) is 31.9 Å². The van der Waals surface area contributed by atoms with E-state index in [-0.39, 0.29) is 18.1 Å². The summed E-state index contributed by atoms with van der Waals surface area (Å²) in [7, 11) is 0. The van der Waals surface area contributed by atoms with Crippen molar-refractivity contribution in [1.29, 1.82) is 0 Å². The van der Waals surface area contributed by atoms with Gasteiger partial charge in [0.05, 0.1) is 25.2 Å². The maximum Gasteiger partial charge on any atom is 0.322 e. The van der Waals surface area contributed by atoms with Crippen molar-refractivity contribution in [3.8, 4) is 11.5 Å². The quantitative estimate of drug-likeness (QED) is 0.275. The molecule has 0 bridgehead atoms. The molecule has 3 spiro atoms. The van der Waals surface area contributed by atoms with Gasteiger partial charge in [-0.25, -0.2) is 4.79 Å². The lowest BCUT2D eigenvalue weighted by atomic mass is 9.74. The molecule has 3 fully saturated rings. The summed E-state index contributed by atoms with van der Waals surface area (Å²) in [6.07, 6.45) is 4.58. The maximum atomic E-state index is 12.6. The Kier molecular flexibility index (Phi) is 8.93. The average Bonchev–Trinajstić information content (AvgIpc) is 3.23. The highest BCUT2D eigenvalue weighted by Gasteiger charge is 2.58. The average molecular weight is 709 g/mol. The minimum absolute atomic E-state index is 0.151. The van der Waals surface area contributed by atoms with Crippen molar-refractivity contribution in [3.63, 3.8) is 0 Å². The summed E-state index contributed by atoms with van der Waals surface area (Å²) in [4.78, 5) is 45.1. The highest BCUT2D eigenvalue weighted by Crippen LogP contribution is 2.48. The van der Waals surface area contributed by atoms with E-state index < -0.39 is 22.8 Å². The van der Waals surface area contributed by atoms with Crippen LogP contribution in [0.1, 0.15) is 54.4 Å². The molecule has 3 atom stereocenters. The predicted octanol–water partition coefficient (Wildman–Crippen LogP) is 3.88. The number of carbonyl (C=O) groups excluding carboxylic acids is 4. The van der Waals surface area contributed by atoms with E-state index in [1.54, 1.807) is 0 Å². The molecule has 0 radical (unpaired) electrons. The van der Waals surface area contributed by atoms with Gasteiger partial charge < -0.3 is 30.0 Å². The Balaban J connectivity index is 0.000000158. The summed E-state index contributed by atoms with van der Waals surface area (Å²) in [5.74, 6) is 1.13. The summed E-state index contributed by atoms with van der Waals surface area (Å²) >= 11 is 6.79. The van der Waals surface area contributed by atoms with Crippen LogP contribution in [0.2, 0.25) is 0 Å². The Labute approximate surface area is 259 Å². The van der Waals surface area contributed by atoms with Gasteiger partial charge in [0.1, 0.15) is 22.7 Å². The maximum absolute atomic E-state index is 12.6. The molecular weight excluding hydrogens is 678 g/mol. The van der Waals surface area contributed by atoms with Crippen LogP contribution in [0.4, 0.5) is 4.79 Å². The molecule has 3 unspecified atom stereocenters. The predicted molar refractivity (Wildman–Crippen MR) is 157 cm³/mol. The molecule has 5 aliphatic heterocycles. The minimum Gasteiger partial charge on any atom is -0.484 e. The van der Waals surface area contributed by atoms with Crippen molar-refractivity contribution in [3.05, 3.63) is 56.5 Å². The van der Waals surface area contributed by atoms with Crippen molar-refractivity contribution in [2.24, 2.45) is 5.73 Å². The number of ketones is 1. The van der Waals surface area contributed by atoms with E-state index in [9.17, 15) is 14.4 Å². The van der Waals surface area contributed by atoms with Crippen molar-refractivity contribution in [2.45, 2.75) is 55.3 Å². The fourth-order valence-corrected chi connectivity index (χ4v) is 6.86. The van der Waals surface area contributed by atoms with Crippen molar-refractivity contribution < 1.29 is 38.1 Å². The van der Waals surface area contributed by atoms with Crippen molar-refractivity contribution >= 4 is 56.0 Å². The Morgan fingerprint density at radius 2 is 1.45 bits per heavy atom. The zero-order valence-corrected chi connectivity index (χ0v) is 25.9. The topological polar surface area (TPSA) is 155 Å². The fraction of sp³-hybridized carbons (Fsp3) is 0.448. The second-order valence-corrected chi connectivity index (χ2v) is 12.7. The molecule has 0 aliphatic carbocycles. The van der Waals surface area contributed by atoms with Crippen molar-refractivity contribution in [1.82, 2.24) is 10.6 Å². The first kappa shape index (κ1) is 30.5. The van der Waals surface area contributed by atoms with E-state index in [1.807, 2.05) is 36.4 Å². The van der Waals surface area contributed by atoms with E-state index in [0.717, 1.165) is 41.2 Å². The number of nitrogens with one attached hydrogen (secondary N) is 2. The number of rotatable bonds is 0. The number of halogens is 2. The number of hydrogen-bond donors (Lipinski definition) is 3. The van der Waals surface area contributed by atoms with Crippen LogP contribution in [0.15, 0.2) is 45.3 Å². The monoisotopic (exact) mass is 707 g/mol. The summed E-state index contributed by atoms with van der Waals surface area (Å²) in [5.41, 5.74) is 3.44. The molecule has 0 aromatic heterocycles. The number of benzene rings is 2. The molecule has 42 heavy (non-hydrogen) atoms. The van der Waals surface area contributed by atoms with Crippen LogP contribution in [-0.2, 0) is 24.6 Å². The molecule has 4 N–H and O–H groups in total. The van der Waals surface area contributed by atoms with Gasteiger partial charge in [-0.2, -0.15) is 0 Å². The minimum atomic E-state index is -1.09. The number of hydrogen-bond acceptors (Lipinski definition) is 8. The number of amides is 4. The molecule has 2 aromatic rings. The molecule has 11 nitrogen and oxygen atoms in total. The largest absolute Gasteiger partial charge is 0.484 e. The third-order valence-electron chi connectivity index (χ3n) is 7.88. The van der Waals surface area contributed by atoms with Gasteiger partial charge in [-0.05, 0) is 62.1 Å². The molecule has 3 saturated heterocycles. The second-order valence-electron chi connectivity index (χ2n) is 10.9. The van der Waals surface area contributed by atoms with Gasteiger partial charge in [0.25, 0.3) is 5.91 Å². The molecule has 2 aromatic carbocycles. The molecule has 4 amide bonds. The lowest BCUT2D eigenvalue weighted by Gasteiger charge is -2.47. The summed E-state index contributed by atoms with van der Waals surface area (Å²) in [5, 5.41) is 5.18. The third kappa shape index (κ3) is 6.05. The standard InChI is InChI=1S/C15H15BrN2O4.C13H13BrO3.CH3NO/c16-9-2-3-11-10(6-9)15(12(19)17-13(20)18-15)7-14(22-11)4-1-5-21-8-14;14-9-2-3-12-10(6-9)11(15)7-13(17-12)4-1-5-16-8-13;2-1-3/h2-3,6H,1,4-5,7-8H2,(H2,17,18,19,20);2-3,6H,1,4-5,7-8H2;1H,(H2,2,3). The first-order valence-electron chi connectivity index (χ1n) is 13.6. The van der Waals surface area contributed by atoms with Crippen LogP contribution < -0.4 is 25.8 Å². The van der Waals surface area contributed by atoms with Crippen LogP contribution in [-0.4, -0.2) is 61.8 Å². The Morgan fingerprint density at radius 3 is 2.05 bits per heavy atom. The Hall–Kier alpha value is -3.00. The molecule has 0 saturated carbocycles. The van der Waals surface area contributed by atoms with Gasteiger partial charge in [-0.15, -0.1) is 0 Å². The molecule has 224 valence electrons. The smallest absolute Gasteiger partial charge is 0.322 e. The van der Waals surface area contributed by atoms with Gasteiger partial charge in [0.2, 0.25) is 6.41 Å². The number of imide groups is 1. The second kappa shape index (κ2) is 12.3. The lowest BCUT2D eigenvalue weighted by molar-refractivity contribution is -0.134. The van der Waals surface area contributed by atoms with Crippen LogP contribution in [0, 0.1) is 0 Å². The number of ether oxygens (including phenoxy) is 4. The summed E-state index contributed by atoms with van der Waals surface area (Å²) < 4.78 is 25.0. The fourth-order valence-electron chi connectivity index (χ4n) is 6.14. The van der Waals surface area contributed by atoms with E-state index in [2.05, 4.69) is 48.2 Å². The number of carbonyl (C=O) groups is 4. The zero-order valence-electron chi connectivity index (χ0n) is 22.7. The summed E-state index contributed by atoms with van der Waals surface area (Å²) in [6, 6.07) is 10.6. The van der Waals surface area contributed by atoms with Crippen LogP contribution in [0.3, 0.4) is 0 Å². The number of urea groups is 1. The molecule has 7 rings (SSSR count). The van der Waals surface area contributed by atoms with E-state index in [0.29, 0.717) is 55.3 Å². The number of nitrogens with two attached hydrogens (primary N) is 1. The summed E-state index contributed by atoms with van der Waals surface area (Å²) in [6.45, 7) is 2.41. The lowest BCUT2D eigenvalue weighted by Crippen LogP contribution is -2.58. The van der Waals surface area contributed by atoms with Crippen molar-refractivity contribution in [2.75, 3.05) is 26.4 Å². The molecule has 5 heterocycles. The van der Waals surface area contributed by atoms with Gasteiger partial charge in [0, 0.05) is 34.1 Å². The highest BCUT2D eigenvalue weighted by atomic mass is 79.9. The molecular formula is C29H31Br2N3O8. The van der Waals surface area contributed by atoms with Crippen LogP contribution in [0.5, 0.6) is 11.5 Å². The van der Waals surface area contributed by atoms with Crippen LogP contribution in [0.25, 0.3) is 0 Å². The number of fused-ring (bicyclic) bond motifs is 3. The molecule has 5 aliphatic rings. The highest BCUT2D eigenvalue weighted by molar-refractivity contribution is 9.10. The number of primary amides is 1. The SMILES string of the molecule is NC=O.O=C1CC2(CCCOC2)Oc2ccc(Br)cc21.O=C1NC(=O)C2(CC3(CCCOC3)Oc3ccc(Br)cc32)N1. The normalized spacial score (nSPS) is 29.0. The van der Waals surface area contributed by atoms with E-state index in [1.165, 1.54) is 0 Å². The van der Waals surface area contributed by atoms with Crippen LogP contribution >= 0.6 is 31.9 Å². The number of Topliss-reactive ketones (excluding diaryl/α,β-unsaturated/α-hetero) is 1. The zero-order chi connectivity index (χ0) is 30.0. The van der Waals surface area contributed by atoms with E-state index >= 15 is 0 Å². The Morgan fingerprint density at radius 1 is 0.857 bits per heavy atom. The van der Waals surface area contributed by atoms with Gasteiger partial charge in [-0.3, -0.25) is 19.7 Å². The third-order valence-corrected chi connectivity index (χ3v) is 8.87. The molecule has 13 heteroatoms. The first-order chi connectivity index (χ1) is 20.1. The first-order valence-corrected chi connectivity index (χ1v) is 15.2. The van der Waals surface area contributed by atoms with Gasteiger partial charge in [0.15, 0.2) is 11.3 Å². The van der Waals surface area contributed by atoms with Gasteiger partial charge >= 0.3 is 6.03 Å². The Bertz CT molecular complexity index is 1390. The van der Waals surface area contributed by atoms with E-state index in [4.69, 9.17) is 23.7 Å².